The van der Waals surface area contributed by atoms with Gasteiger partial charge in [0.1, 0.15) is 0 Å². The summed E-state index contributed by atoms with van der Waals surface area (Å²) in [5.74, 6) is 0.00912. The Morgan fingerprint density at radius 1 is 1.12 bits per heavy atom. The molecule has 2 rings (SSSR count). The van der Waals surface area contributed by atoms with Gasteiger partial charge in [-0.15, -0.1) is 12.4 Å². The van der Waals surface area contributed by atoms with Crippen molar-refractivity contribution in [3.05, 3.63) is 52.3 Å². The van der Waals surface area contributed by atoms with Crippen LogP contribution in [0.3, 0.4) is 0 Å². The smallest absolute Gasteiger partial charge is 0.234 e. The number of amides is 1. The maximum Gasteiger partial charge on any atom is 0.234 e. The number of nitrogens with one attached hydrogen (secondary N) is 2. The van der Waals surface area contributed by atoms with Crippen LogP contribution in [0.4, 0.5) is 0 Å². The second-order valence-corrected chi connectivity index (χ2v) is 7.69. The van der Waals surface area contributed by atoms with Crippen molar-refractivity contribution in [2.75, 3.05) is 6.54 Å². The van der Waals surface area contributed by atoms with Gasteiger partial charge in [-0.05, 0) is 47.1 Å². The molecule has 1 amide bonds. The molecular weight excluding hydrogens is 348 g/mol. The minimum absolute atomic E-state index is 0. The molecule has 2 N–H and O–H groups in total. The summed E-state index contributed by atoms with van der Waals surface area (Å²) in [5.41, 5.74) is 5.60. The molecule has 0 aliphatic heterocycles. The van der Waals surface area contributed by atoms with Crippen molar-refractivity contribution in [1.82, 2.24) is 20.4 Å². The van der Waals surface area contributed by atoms with Gasteiger partial charge in [-0.2, -0.15) is 5.10 Å². The van der Waals surface area contributed by atoms with E-state index < -0.39 is 0 Å². The number of hydrogen-bond acceptors (Lipinski definition) is 3. The lowest BCUT2D eigenvalue weighted by Gasteiger charge is -2.20. The number of halogens is 1. The van der Waals surface area contributed by atoms with Crippen molar-refractivity contribution in [1.29, 1.82) is 0 Å². The van der Waals surface area contributed by atoms with Gasteiger partial charge >= 0.3 is 0 Å². The highest BCUT2D eigenvalue weighted by atomic mass is 35.5. The van der Waals surface area contributed by atoms with Crippen LogP contribution >= 0.6 is 12.4 Å². The number of aromatic nitrogens is 2. The minimum Gasteiger partial charge on any atom is -0.350 e. The Balaban J connectivity index is 0.00000338. The number of hydrogen-bond donors (Lipinski definition) is 2. The van der Waals surface area contributed by atoms with Crippen LogP contribution < -0.4 is 10.6 Å². The molecule has 0 radical (unpaired) electrons. The highest BCUT2D eigenvalue weighted by Gasteiger charge is 2.15. The Morgan fingerprint density at radius 3 is 2.31 bits per heavy atom. The molecule has 1 heterocycles. The molecule has 6 heteroatoms. The molecule has 26 heavy (non-hydrogen) atoms. The molecule has 0 atom stereocenters. The van der Waals surface area contributed by atoms with Crippen LogP contribution in [0.1, 0.15) is 48.8 Å². The van der Waals surface area contributed by atoms with Crippen molar-refractivity contribution in [2.45, 2.75) is 60.2 Å². The zero-order valence-electron chi connectivity index (χ0n) is 16.6. The van der Waals surface area contributed by atoms with Crippen LogP contribution in [0, 0.1) is 20.8 Å². The van der Waals surface area contributed by atoms with E-state index in [9.17, 15) is 4.79 Å². The topological polar surface area (TPSA) is 59.0 Å². The minimum atomic E-state index is -0.205. The molecule has 5 nitrogen and oxygen atoms in total. The van der Waals surface area contributed by atoms with Gasteiger partial charge < -0.3 is 10.6 Å². The Hall–Kier alpha value is -1.85. The second kappa shape index (κ2) is 9.19. The highest BCUT2D eigenvalue weighted by Crippen LogP contribution is 2.15. The van der Waals surface area contributed by atoms with Gasteiger partial charge in [0.2, 0.25) is 5.91 Å². The van der Waals surface area contributed by atoms with Crippen LogP contribution in [-0.2, 0) is 17.9 Å². The van der Waals surface area contributed by atoms with Crippen LogP contribution in [0.2, 0.25) is 0 Å². The predicted molar refractivity (Wildman–Crippen MR) is 109 cm³/mol. The van der Waals surface area contributed by atoms with E-state index in [2.05, 4.69) is 53.8 Å². The number of carbonyl (C=O) groups excluding carboxylic acids is 1. The maximum absolute atomic E-state index is 11.9. The van der Waals surface area contributed by atoms with E-state index >= 15 is 0 Å². The summed E-state index contributed by atoms with van der Waals surface area (Å²) in [6, 6.07) is 8.52. The molecule has 0 unspecified atom stereocenters. The number of carbonyl (C=O) groups is 1. The fraction of sp³-hybridized carbons (Fsp3) is 0.500. The molecular formula is C20H31ClN4O. The van der Waals surface area contributed by atoms with Gasteiger partial charge in [-0.25, -0.2) is 0 Å². The number of benzene rings is 1. The van der Waals surface area contributed by atoms with Crippen molar-refractivity contribution in [3.8, 4) is 0 Å². The lowest BCUT2D eigenvalue weighted by molar-refractivity contribution is -0.121. The second-order valence-electron chi connectivity index (χ2n) is 7.69. The summed E-state index contributed by atoms with van der Waals surface area (Å²) in [5, 5.41) is 10.8. The molecule has 1 aromatic heterocycles. The standard InChI is InChI=1S/C20H30N4O.ClH/c1-14-7-9-17(10-8-14)13-24-16(3)18(15(2)23-24)11-21-12-19(25)22-20(4,5)6;/h7-10,21H,11-13H2,1-6H3,(H,22,25);1H. The first kappa shape index (κ1) is 22.2. The van der Waals surface area contributed by atoms with Crippen LogP contribution in [0.5, 0.6) is 0 Å². The fourth-order valence-corrected chi connectivity index (χ4v) is 2.77. The first-order chi connectivity index (χ1) is 11.7. The summed E-state index contributed by atoms with van der Waals surface area (Å²) in [4.78, 5) is 11.9. The molecule has 144 valence electrons. The Morgan fingerprint density at radius 2 is 1.73 bits per heavy atom. The van der Waals surface area contributed by atoms with Gasteiger partial charge in [-0.3, -0.25) is 9.48 Å². The van der Waals surface area contributed by atoms with Gasteiger partial charge in [0.15, 0.2) is 0 Å². The zero-order valence-corrected chi connectivity index (χ0v) is 17.5. The third kappa shape index (κ3) is 6.46. The average Bonchev–Trinajstić information content (AvgIpc) is 2.75. The lowest BCUT2D eigenvalue weighted by Crippen LogP contribution is -2.44. The summed E-state index contributed by atoms with van der Waals surface area (Å²) >= 11 is 0. The third-order valence-corrected chi connectivity index (χ3v) is 4.09. The quantitative estimate of drug-likeness (QED) is 0.810. The summed E-state index contributed by atoms with van der Waals surface area (Å²) < 4.78 is 2.03. The van der Waals surface area contributed by atoms with Gasteiger partial charge in [0.25, 0.3) is 0 Å². The van der Waals surface area contributed by atoms with Crippen molar-refractivity contribution < 1.29 is 4.79 Å². The van der Waals surface area contributed by atoms with Gasteiger partial charge in [0, 0.05) is 23.3 Å². The zero-order chi connectivity index (χ0) is 18.6. The van der Waals surface area contributed by atoms with E-state index in [0.717, 1.165) is 23.5 Å². The monoisotopic (exact) mass is 378 g/mol. The van der Waals surface area contributed by atoms with Crippen molar-refractivity contribution >= 4 is 18.3 Å². The van der Waals surface area contributed by atoms with E-state index in [0.29, 0.717) is 13.1 Å². The lowest BCUT2D eigenvalue weighted by atomic mass is 10.1. The Labute approximate surface area is 163 Å². The molecule has 0 spiro atoms. The third-order valence-electron chi connectivity index (χ3n) is 4.09. The molecule has 2 aromatic rings. The predicted octanol–water partition coefficient (Wildman–Crippen LogP) is 3.28. The van der Waals surface area contributed by atoms with E-state index in [1.165, 1.54) is 11.1 Å². The molecule has 0 aliphatic rings. The maximum atomic E-state index is 11.9. The molecule has 0 bridgehead atoms. The van der Waals surface area contributed by atoms with E-state index in [4.69, 9.17) is 0 Å². The Kier molecular flexibility index (Phi) is 7.85. The normalized spacial score (nSPS) is 11.2. The molecule has 1 aromatic carbocycles. The van der Waals surface area contributed by atoms with Gasteiger partial charge in [-0.1, -0.05) is 29.8 Å². The first-order valence-corrected chi connectivity index (χ1v) is 8.76. The van der Waals surface area contributed by atoms with E-state index in [-0.39, 0.29) is 23.9 Å². The fourth-order valence-electron chi connectivity index (χ4n) is 2.77. The number of nitrogens with zero attached hydrogens (tertiary/aromatic N) is 2. The van der Waals surface area contributed by atoms with E-state index in [1.54, 1.807) is 0 Å². The molecule has 0 saturated heterocycles. The average molecular weight is 379 g/mol. The summed E-state index contributed by atoms with van der Waals surface area (Å²) in [6.45, 7) is 13.8. The number of rotatable bonds is 6. The summed E-state index contributed by atoms with van der Waals surface area (Å²) in [6.07, 6.45) is 0. The van der Waals surface area contributed by atoms with Crippen molar-refractivity contribution in [3.63, 3.8) is 0 Å². The van der Waals surface area contributed by atoms with Crippen LogP contribution in [-0.4, -0.2) is 27.8 Å². The SMILES string of the molecule is Cc1ccc(Cn2nc(C)c(CNCC(=O)NC(C)(C)C)c2C)cc1.Cl. The van der Waals surface area contributed by atoms with Crippen LogP contribution in [0.15, 0.2) is 24.3 Å². The molecule has 0 saturated carbocycles. The van der Waals surface area contributed by atoms with Crippen molar-refractivity contribution in [2.24, 2.45) is 0 Å². The summed E-state index contributed by atoms with van der Waals surface area (Å²) in [7, 11) is 0. The van der Waals surface area contributed by atoms with E-state index in [1.807, 2.05) is 32.4 Å². The molecule has 0 fully saturated rings. The first-order valence-electron chi connectivity index (χ1n) is 8.76. The van der Waals surface area contributed by atoms with Gasteiger partial charge in [0.05, 0.1) is 18.8 Å². The number of aryl methyl sites for hydroxylation is 2. The molecule has 0 aliphatic carbocycles. The Bertz CT molecular complexity index is 730. The van der Waals surface area contributed by atoms with Crippen LogP contribution in [0.25, 0.3) is 0 Å². The highest BCUT2D eigenvalue weighted by molar-refractivity contribution is 5.85. The largest absolute Gasteiger partial charge is 0.350 e.